The first-order chi connectivity index (χ1) is 6.57. The predicted molar refractivity (Wildman–Crippen MR) is 47.9 cm³/mol. The van der Waals surface area contributed by atoms with E-state index in [1.807, 2.05) is 0 Å². The molecule has 1 aromatic carbocycles. The number of rotatable bonds is 2. The molecule has 2 N–H and O–H groups in total. The van der Waals surface area contributed by atoms with E-state index < -0.39 is 17.2 Å². The van der Waals surface area contributed by atoms with Crippen molar-refractivity contribution in [2.45, 2.75) is 12.0 Å². The van der Waals surface area contributed by atoms with Crippen molar-refractivity contribution in [2.75, 3.05) is 13.1 Å². The topological polar surface area (TPSA) is 32.3 Å². The summed E-state index contributed by atoms with van der Waals surface area (Å²) in [6.45, 7) is 0.955. The molecule has 0 unspecified atom stereocenters. The average Bonchev–Trinajstić information content (AvgIpc) is 1.99. The van der Waals surface area contributed by atoms with Gasteiger partial charge in [0.05, 0.1) is 5.60 Å². The molecular formula is C10H11F2NO. The zero-order chi connectivity index (χ0) is 10.2. The molecule has 0 atom stereocenters. The van der Waals surface area contributed by atoms with Crippen molar-refractivity contribution >= 4 is 0 Å². The molecule has 14 heavy (non-hydrogen) atoms. The fourth-order valence-corrected chi connectivity index (χ4v) is 1.63. The third-order valence-electron chi connectivity index (χ3n) is 2.36. The van der Waals surface area contributed by atoms with E-state index in [1.165, 1.54) is 12.1 Å². The Hall–Kier alpha value is -1.00. The summed E-state index contributed by atoms with van der Waals surface area (Å²) in [5.74, 6) is -1.20. The average molecular weight is 199 g/mol. The zero-order valence-corrected chi connectivity index (χ0v) is 7.56. The summed E-state index contributed by atoms with van der Waals surface area (Å²) in [6.07, 6.45) is 0.286. The van der Waals surface area contributed by atoms with E-state index in [0.717, 1.165) is 6.07 Å². The van der Waals surface area contributed by atoms with E-state index >= 15 is 0 Å². The van der Waals surface area contributed by atoms with Crippen LogP contribution in [0.4, 0.5) is 8.78 Å². The molecule has 0 aromatic heterocycles. The van der Waals surface area contributed by atoms with E-state index in [1.54, 1.807) is 0 Å². The zero-order valence-electron chi connectivity index (χ0n) is 7.56. The first-order valence-electron chi connectivity index (χ1n) is 4.45. The van der Waals surface area contributed by atoms with Crippen LogP contribution in [0.3, 0.4) is 0 Å². The number of hydrogen-bond donors (Lipinski definition) is 2. The van der Waals surface area contributed by atoms with Gasteiger partial charge in [0.2, 0.25) is 0 Å². The molecule has 2 rings (SSSR count). The standard InChI is InChI=1S/C10H11F2NO/c11-8-1-7(2-9(12)3-8)4-10(14)5-13-6-10/h1-3,13-14H,4-6H2. The van der Waals surface area contributed by atoms with Gasteiger partial charge in [-0.05, 0) is 17.7 Å². The van der Waals surface area contributed by atoms with Gasteiger partial charge in [0.25, 0.3) is 0 Å². The number of nitrogens with one attached hydrogen (secondary N) is 1. The fraction of sp³-hybridized carbons (Fsp3) is 0.400. The Bertz CT molecular complexity index is 330. The van der Waals surface area contributed by atoms with Crippen molar-refractivity contribution in [1.82, 2.24) is 5.32 Å². The van der Waals surface area contributed by atoms with Gasteiger partial charge in [-0.25, -0.2) is 8.78 Å². The Balaban J connectivity index is 2.16. The second kappa shape index (κ2) is 3.29. The Kier molecular flexibility index (Phi) is 2.25. The molecule has 0 aliphatic carbocycles. The highest BCUT2D eigenvalue weighted by molar-refractivity contribution is 5.21. The summed E-state index contributed by atoms with van der Waals surface area (Å²) in [5, 5.41) is 12.7. The maximum Gasteiger partial charge on any atom is 0.126 e. The maximum absolute atomic E-state index is 12.8. The predicted octanol–water partition coefficient (Wildman–Crippen LogP) is 0.842. The van der Waals surface area contributed by atoms with Crippen LogP contribution in [-0.2, 0) is 6.42 Å². The minimum Gasteiger partial charge on any atom is -0.387 e. The second-order valence-electron chi connectivity index (χ2n) is 3.78. The molecule has 2 nitrogen and oxygen atoms in total. The number of hydrogen-bond acceptors (Lipinski definition) is 2. The van der Waals surface area contributed by atoms with Crippen molar-refractivity contribution < 1.29 is 13.9 Å². The quantitative estimate of drug-likeness (QED) is 0.739. The van der Waals surface area contributed by atoms with E-state index in [2.05, 4.69) is 5.32 Å². The maximum atomic E-state index is 12.8. The van der Waals surface area contributed by atoms with Gasteiger partial charge in [0, 0.05) is 25.6 Å². The molecule has 1 aromatic rings. The first-order valence-corrected chi connectivity index (χ1v) is 4.45. The molecule has 1 fully saturated rings. The van der Waals surface area contributed by atoms with Crippen molar-refractivity contribution in [3.63, 3.8) is 0 Å². The van der Waals surface area contributed by atoms with E-state index in [4.69, 9.17) is 0 Å². The second-order valence-corrected chi connectivity index (χ2v) is 3.78. The molecule has 1 aliphatic rings. The lowest BCUT2D eigenvalue weighted by Gasteiger charge is -2.37. The highest BCUT2D eigenvalue weighted by Crippen LogP contribution is 2.19. The van der Waals surface area contributed by atoms with Crippen LogP contribution in [0.2, 0.25) is 0 Å². The van der Waals surface area contributed by atoms with Gasteiger partial charge in [0.1, 0.15) is 11.6 Å². The molecule has 0 bridgehead atoms. The van der Waals surface area contributed by atoms with Gasteiger partial charge in [-0.1, -0.05) is 0 Å². The van der Waals surface area contributed by atoms with Gasteiger partial charge in [-0.3, -0.25) is 0 Å². The Morgan fingerprint density at radius 1 is 1.21 bits per heavy atom. The molecule has 1 saturated heterocycles. The lowest BCUT2D eigenvalue weighted by atomic mass is 9.89. The molecule has 1 aliphatic heterocycles. The van der Waals surface area contributed by atoms with E-state index in [0.29, 0.717) is 18.7 Å². The normalized spacial score (nSPS) is 19.1. The summed E-state index contributed by atoms with van der Waals surface area (Å²) >= 11 is 0. The summed E-state index contributed by atoms with van der Waals surface area (Å²) in [4.78, 5) is 0. The SMILES string of the molecule is OC1(Cc2cc(F)cc(F)c2)CNC1. The van der Waals surface area contributed by atoms with Gasteiger partial charge in [-0.2, -0.15) is 0 Å². The molecule has 1 heterocycles. The number of aliphatic hydroxyl groups is 1. The lowest BCUT2D eigenvalue weighted by Crippen LogP contribution is -2.60. The minimum atomic E-state index is -0.833. The van der Waals surface area contributed by atoms with Crippen LogP contribution in [0.25, 0.3) is 0 Å². The van der Waals surface area contributed by atoms with Crippen LogP contribution in [0.5, 0.6) is 0 Å². The van der Waals surface area contributed by atoms with E-state index in [-0.39, 0.29) is 6.42 Å². The fourth-order valence-electron chi connectivity index (χ4n) is 1.63. The van der Waals surface area contributed by atoms with Gasteiger partial charge < -0.3 is 10.4 Å². The molecular weight excluding hydrogens is 188 g/mol. The summed E-state index contributed by atoms with van der Waals surface area (Å²) in [7, 11) is 0. The number of β-amino-alcohol motifs (C(OH)–C–C–N with tert-alkyl or cyclic N) is 1. The van der Waals surface area contributed by atoms with Crippen LogP contribution < -0.4 is 5.32 Å². The third kappa shape index (κ3) is 1.91. The Labute approximate surface area is 80.6 Å². The van der Waals surface area contributed by atoms with Crippen molar-refractivity contribution in [2.24, 2.45) is 0 Å². The van der Waals surface area contributed by atoms with Gasteiger partial charge >= 0.3 is 0 Å². The van der Waals surface area contributed by atoms with Crippen molar-refractivity contribution in [3.05, 3.63) is 35.4 Å². The molecule has 0 amide bonds. The van der Waals surface area contributed by atoms with Gasteiger partial charge in [0.15, 0.2) is 0 Å². The lowest BCUT2D eigenvalue weighted by molar-refractivity contribution is -0.00910. The highest BCUT2D eigenvalue weighted by atomic mass is 19.1. The number of halogens is 2. The first kappa shape index (κ1) is 9.55. The van der Waals surface area contributed by atoms with Crippen LogP contribution in [0.15, 0.2) is 18.2 Å². The summed E-state index contributed by atoms with van der Waals surface area (Å²) in [5.41, 5.74) is -0.341. The smallest absolute Gasteiger partial charge is 0.126 e. The molecule has 0 spiro atoms. The largest absolute Gasteiger partial charge is 0.387 e. The number of benzene rings is 1. The van der Waals surface area contributed by atoms with Crippen LogP contribution >= 0.6 is 0 Å². The van der Waals surface area contributed by atoms with Crippen LogP contribution in [-0.4, -0.2) is 23.8 Å². The van der Waals surface area contributed by atoms with Gasteiger partial charge in [-0.15, -0.1) is 0 Å². The summed E-state index contributed by atoms with van der Waals surface area (Å²) in [6, 6.07) is 3.32. The highest BCUT2D eigenvalue weighted by Gasteiger charge is 2.34. The molecule has 76 valence electrons. The van der Waals surface area contributed by atoms with Crippen LogP contribution in [0, 0.1) is 11.6 Å². The Morgan fingerprint density at radius 2 is 1.79 bits per heavy atom. The minimum absolute atomic E-state index is 0.286. The van der Waals surface area contributed by atoms with Crippen molar-refractivity contribution in [3.8, 4) is 0 Å². The van der Waals surface area contributed by atoms with E-state index in [9.17, 15) is 13.9 Å². The Morgan fingerprint density at radius 3 is 2.21 bits per heavy atom. The molecule has 4 heteroatoms. The van der Waals surface area contributed by atoms with Crippen molar-refractivity contribution in [1.29, 1.82) is 0 Å². The molecule has 0 saturated carbocycles. The summed E-state index contributed by atoms with van der Waals surface area (Å²) < 4.78 is 25.6. The molecule has 0 radical (unpaired) electrons. The third-order valence-corrected chi connectivity index (χ3v) is 2.36. The monoisotopic (exact) mass is 199 g/mol. The van der Waals surface area contributed by atoms with Crippen LogP contribution in [0.1, 0.15) is 5.56 Å².